The summed E-state index contributed by atoms with van der Waals surface area (Å²) in [5.74, 6) is -3.33. The standard InChI is InChI=1S/C37H50N4O7/c1-5-27-19-37(27,36(46)47)40-33(43)30-18-28(48-21-26-16-11-15-24-12-9-10-17-29(24)26)20-41(30)35(45)31(22(2)3)39-34(44)32(38-23(4)42)25-13-7-6-8-14-25/h9-12,15-17,22,25,27-28,30-32H,5-8,13-14,18-21H2,1-4H3,(H,38,42)(H,39,44)(H,40,43)(H,46,47)/t27-,28+,30-,31-,32-,37+/m0/s1. The first-order valence-corrected chi connectivity index (χ1v) is 17.5. The monoisotopic (exact) mass is 662 g/mol. The number of rotatable bonds is 13. The number of amides is 4. The van der Waals surface area contributed by atoms with Gasteiger partial charge in [0.05, 0.1) is 12.7 Å². The number of hydrogen-bond acceptors (Lipinski definition) is 6. The van der Waals surface area contributed by atoms with Gasteiger partial charge < -0.3 is 30.7 Å². The van der Waals surface area contributed by atoms with Gasteiger partial charge in [0.15, 0.2) is 0 Å². The molecule has 0 radical (unpaired) electrons. The van der Waals surface area contributed by atoms with Gasteiger partial charge in [-0.1, -0.05) is 88.9 Å². The largest absolute Gasteiger partial charge is 0.479 e. The predicted molar refractivity (Wildman–Crippen MR) is 180 cm³/mol. The number of carboxylic acids is 1. The summed E-state index contributed by atoms with van der Waals surface area (Å²) in [6.45, 7) is 7.30. The molecule has 11 nitrogen and oxygen atoms in total. The minimum Gasteiger partial charge on any atom is -0.479 e. The van der Waals surface area contributed by atoms with Crippen molar-refractivity contribution in [2.24, 2.45) is 17.8 Å². The molecule has 0 aromatic heterocycles. The van der Waals surface area contributed by atoms with Gasteiger partial charge in [0.1, 0.15) is 23.7 Å². The second-order valence-corrected chi connectivity index (χ2v) is 14.2. The summed E-state index contributed by atoms with van der Waals surface area (Å²) in [5.41, 5.74) is -0.369. The Morgan fingerprint density at radius 2 is 1.71 bits per heavy atom. The van der Waals surface area contributed by atoms with E-state index in [0.29, 0.717) is 12.8 Å². The summed E-state index contributed by atoms with van der Waals surface area (Å²) >= 11 is 0. The van der Waals surface area contributed by atoms with Gasteiger partial charge in [-0.2, -0.15) is 0 Å². The van der Waals surface area contributed by atoms with E-state index in [2.05, 4.69) is 16.0 Å². The number of likely N-dealkylation sites (tertiary alicyclic amines) is 1. The van der Waals surface area contributed by atoms with E-state index < -0.39 is 53.5 Å². The maximum atomic E-state index is 14.4. The van der Waals surface area contributed by atoms with Crippen molar-refractivity contribution in [1.29, 1.82) is 0 Å². The topological polar surface area (TPSA) is 154 Å². The molecule has 0 bridgehead atoms. The highest BCUT2D eigenvalue weighted by atomic mass is 16.5. The number of nitrogens with one attached hydrogen (secondary N) is 3. The van der Waals surface area contributed by atoms with Crippen molar-refractivity contribution in [2.45, 2.75) is 115 Å². The fourth-order valence-electron chi connectivity index (χ4n) is 7.65. The van der Waals surface area contributed by atoms with E-state index in [1.54, 1.807) is 0 Å². The lowest BCUT2D eigenvalue weighted by molar-refractivity contribution is -0.146. The molecular formula is C37H50N4O7. The average molecular weight is 663 g/mol. The third-order valence-corrected chi connectivity index (χ3v) is 10.5. The molecule has 1 aliphatic heterocycles. The van der Waals surface area contributed by atoms with Crippen molar-refractivity contribution in [3.05, 3.63) is 48.0 Å². The predicted octanol–water partition coefficient (Wildman–Crippen LogP) is 3.92. The van der Waals surface area contributed by atoms with Gasteiger partial charge in [-0.25, -0.2) is 4.79 Å². The molecule has 2 aliphatic carbocycles. The molecule has 260 valence electrons. The molecule has 2 saturated carbocycles. The van der Waals surface area contributed by atoms with Gasteiger partial charge in [-0.05, 0) is 53.4 Å². The minimum absolute atomic E-state index is 0.0278. The van der Waals surface area contributed by atoms with Crippen LogP contribution < -0.4 is 16.0 Å². The van der Waals surface area contributed by atoms with Crippen LogP contribution in [0.5, 0.6) is 0 Å². The van der Waals surface area contributed by atoms with Crippen LogP contribution in [0.4, 0.5) is 0 Å². The normalized spacial score (nSPS) is 25.4. The van der Waals surface area contributed by atoms with Crippen molar-refractivity contribution in [1.82, 2.24) is 20.9 Å². The van der Waals surface area contributed by atoms with Gasteiger partial charge in [0, 0.05) is 19.9 Å². The molecule has 3 aliphatic rings. The summed E-state index contributed by atoms with van der Waals surface area (Å²) < 4.78 is 6.35. The number of ether oxygens (including phenoxy) is 1. The van der Waals surface area contributed by atoms with E-state index in [-0.39, 0.29) is 43.2 Å². The third-order valence-electron chi connectivity index (χ3n) is 10.5. The summed E-state index contributed by atoms with van der Waals surface area (Å²) in [7, 11) is 0. The molecule has 1 saturated heterocycles. The summed E-state index contributed by atoms with van der Waals surface area (Å²) in [5, 5.41) is 20.7. The van der Waals surface area contributed by atoms with Crippen LogP contribution in [-0.4, -0.2) is 75.9 Å². The van der Waals surface area contributed by atoms with E-state index in [9.17, 15) is 29.1 Å². The number of carbonyl (C=O) groups excluding carboxylic acids is 4. The highest BCUT2D eigenvalue weighted by molar-refractivity contribution is 5.97. The van der Waals surface area contributed by atoms with E-state index >= 15 is 0 Å². The average Bonchev–Trinajstić information content (AvgIpc) is 3.63. The van der Waals surface area contributed by atoms with Crippen LogP contribution in [0, 0.1) is 17.8 Å². The van der Waals surface area contributed by atoms with Crippen LogP contribution in [0.15, 0.2) is 42.5 Å². The van der Waals surface area contributed by atoms with E-state index in [1.807, 2.05) is 63.2 Å². The van der Waals surface area contributed by atoms with Crippen LogP contribution >= 0.6 is 0 Å². The number of benzene rings is 2. The first-order chi connectivity index (χ1) is 22.9. The molecule has 0 spiro atoms. The molecule has 1 heterocycles. The highest BCUT2D eigenvalue weighted by Gasteiger charge is 2.61. The Morgan fingerprint density at radius 3 is 2.35 bits per heavy atom. The Balaban J connectivity index is 1.36. The fraction of sp³-hybridized carbons (Fsp3) is 0.595. The van der Waals surface area contributed by atoms with Gasteiger partial charge >= 0.3 is 5.97 Å². The maximum Gasteiger partial charge on any atom is 0.329 e. The Bertz CT molecular complexity index is 1520. The molecule has 6 atom stereocenters. The molecule has 11 heteroatoms. The van der Waals surface area contributed by atoms with Crippen LogP contribution in [0.2, 0.25) is 0 Å². The molecule has 2 aromatic carbocycles. The molecule has 2 aromatic rings. The Labute approximate surface area is 282 Å². The van der Waals surface area contributed by atoms with Gasteiger partial charge in [0.25, 0.3) is 0 Å². The quantitative estimate of drug-likeness (QED) is 0.254. The van der Waals surface area contributed by atoms with E-state index in [0.717, 1.165) is 48.4 Å². The summed E-state index contributed by atoms with van der Waals surface area (Å²) in [6, 6.07) is 11.3. The van der Waals surface area contributed by atoms with E-state index in [4.69, 9.17) is 4.74 Å². The van der Waals surface area contributed by atoms with Crippen molar-refractivity contribution < 1.29 is 33.8 Å². The Hall–Kier alpha value is -3.99. The molecule has 3 fully saturated rings. The van der Waals surface area contributed by atoms with Gasteiger partial charge in [-0.3, -0.25) is 19.2 Å². The SMILES string of the molecule is CC[C@H]1C[C@]1(NC(=O)[C@@H]1C[C@@H](OCc2cccc3ccccc23)CN1C(=O)[C@@H](NC(=O)[C@@H](NC(C)=O)C1CCCCC1)C(C)C)C(=O)O. The van der Waals surface area contributed by atoms with Gasteiger partial charge in [-0.15, -0.1) is 0 Å². The number of carbonyl (C=O) groups is 5. The molecule has 4 amide bonds. The second-order valence-electron chi connectivity index (χ2n) is 14.2. The van der Waals surface area contributed by atoms with Crippen LogP contribution in [0.3, 0.4) is 0 Å². The zero-order valence-electron chi connectivity index (χ0n) is 28.5. The first kappa shape index (κ1) is 35.3. The summed E-state index contributed by atoms with van der Waals surface area (Å²) in [6.07, 6.45) is 5.29. The molecule has 5 rings (SSSR count). The van der Waals surface area contributed by atoms with Crippen molar-refractivity contribution >= 4 is 40.4 Å². The zero-order valence-corrected chi connectivity index (χ0v) is 28.5. The second kappa shape index (κ2) is 15.1. The number of fused-ring (bicyclic) bond motifs is 1. The molecule has 0 unspecified atom stereocenters. The highest BCUT2D eigenvalue weighted by Crippen LogP contribution is 2.46. The number of hydrogen-bond donors (Lipinski definition) is 4. The lowest BCUT2D eigenvalue weighted by Crippen LogP contribution is -2.60. The van der Waals surface area contributed by atoms with Crippen molar-refractivity contribution in [2.75, 3.05) is 6.54 Å². The van der Waals surface area contributed by atoms with Crippen molar-refractivity contribution in [3.8, 4) is 0 Å². The van der Waals surface area contributed by atoms with Crippen molar-refractivity contribution in [3.63, 3.8) is 0 Å². The molecule has 4 N–H and O–H groups in total. The Morgan fingerprint density at radius 1 is 1.00 bits per heavy atom. The lowest BCUT2D eigenvalue weighted by atomic mass is 9.83. The van der Waals surface area contributed by atoms with Gasteiger partial charge in [0.2, 0.25) is 23.6 Å². The smallest absolute Gasteiger partial charge is 0.329 e. The number of carboxylic acid groups (broad SMARTS) is 1. The lowest BCUT2D eigenvalue weighted by Gasteiger charge is -2.34. The number of aliphatic carboxylic acids is 1. The molecule has 48 heavy (non-hydrogen) atoms. The van der Waals surface area contributed by atoms with Crippen LogP contribution in [-0.2, 0) is 35.3 Å². The summed E-state index contributed by atoms with van der Waals surface area (Å²) in [4.78, 5) is 67.7. The molecular weight excluding hydrogens is 612 g/mol. The first-order valence-electron chi connectivity index (χ1n) is 17.5. The van der Waals surface area contributed by atoms with Crippen LogP contribution in [0.25, 0.3) is 10.8 Å². The zero-order chi connectivity index (χ0) is 34.6. The minimum atomic E-state index is -1.35. The number of nitrogens with zero attached hydrogens (tertiary/aromatic N) is 1. The Kier molecular flexibility index (Phi) is 11.1. The fourth-order valence-corrected chi connectivity index (χ4v) is 7.65. The maximum absolute atomic E-state index is 14.4. The van der Waals surface area contributed by atoms with Crippen LogP contribution in [0.1, 0.15) is 84.6 Å². The third kappa shape index (κ3) is 7.66. The van der Waals surface area contributed by atoms with E-state index in [1.165, 1.54) is 11.8 Å².